The van der Waals surface area contributed by atoms with E-state index in [1.807, 2.05) is 41.3 Å². The second-order valence-corrected chi connectivity index (χ2v) is 13.5. The van der Waals surface area contributed by atoms with Gasteiger partial charge in [-0.05, 0) is 60.2 Å². The van der Waals surface area contributed by atoms with Crippen molar-refractivity contribution < 1.29 is 13.2 Å². The molecule has 12 heteroatoms. The molecule has 3 aromatic heterocycles. The molecule has 4 heterocycles. The molecule has 0 saturated carbocycles. The van der Waals surface area contributed by atoms with Crippen molar-refractivity contribution in [2.24, 2.45) is 0 Å². The first-order valence-corrected chi connectivity index (χ1v) is 16.5. The van der Waals surface area contributed by atoms with Gasteiger partial charge in [0, 0.05) is 43.5 Å². The number of nitrogens with zero attached hydrogens (tertiary/aromatic N) is 6. The predicted octanol–water partition coefficient (Wildman–Crippen LogP) is 5.55. The monoisotopic (exact) mass is 628 g/mol. The molecule has 0 N–H and O–H groups in total. The van der Waals surface area contributed by atoms with E-state index in [4.69, 9.17) is 16.7 Å². The summed E-state index contributed by atoms with van der Waals surface area (Å²) >= 11 is 8.04. The van der Waals surface area contributed by atoms with Crippen LogP contribution in [-0.4, -0.2) is 66.4 Å². The minimum absolute atomic E-state index is 0.203. The quantitative estimate of drug-likeness (QED) is 0.242. The number of carbonyl (C=O) groups excluding carboxylic acids is 1. The SMILES string of the molecule is CS(=O)(=O)c1cccc(-c2ccc(-c3cc(C(=O)N4CCN(c5ncccc5C#N)CC4)nn3-c3ccccc3Cl)s2)c1. The Bertz CT molecular complexity index is 1990. The summed E-state index contributed by atoms with van der Waals surface area (Å²) in [7, 11) is -3.35. The van der Waals surface area contributed by atoms with Gasteiger partial charge in [0.1, 0.15) is 11.9 Å². The van der Waals surface area contributed by atoms with Crippen LogP contribution in [0.4, 0.5) is 5.82 Å². The molecule has 1 fully saturated rings. The molecule has 0 bridgehead atoms. The van der Waals surface area contributed by atoms with Crippen LogP contribution in [-0.2, 0) is 9.84 Å². The van der Waals surface area contributed by atoms with E-state index in [0.29, 0.717) is 54.0 Å². The van der Waals surface area contributed by atoms with Gasteiger partial charge in [0.2, 0.25) is 0 Å². The Kier molecular flexibility index (Phi) is 7.75. The summed E-state index contributed by atoms with van der Waals surface area (Å²) in [6.07, 6.45) is 2.85. The Labute approximate surface area is 258 Å². The van der Waals surface area contributed by atoms with Crippen molar-refractivity contribution in [3.63, 3.8) is 0 Å². The third kappa shape index (κ3) is 5.77. The maximum Gasteiger partial charge on any atom is 0.274 e. The Hall–Kier alpha value is -4.50. The number of halogens is 1. The van der Waals surface area contributed by atoms with Gasteiger partial charge in [0.15, 0.2) is 15.5 Å². The molecule has 0 atom stereocenters. The highest BCUT2D eigenvalue weighted by molar-refractivity contribution is 7.90. The number of para-hydroxylation sites is 1. The second kappa shape index (κ2) is 11.6. The Morgan fingerprint density at radius 2 is 1.72 bits per heavy atom. The summed E-state index contributed by atoms with van der Waals surface area (Å²) in [5, 5.41) is 14.7. The van der Waals surface area contributed by atoms with Crippen LogP contribution in [0.2, 0.25) is 5.02 Å². The number of hydrogen-bond acceptors (Lipinski definition) is 8. The van der Waals surface area contributed by atoms with Crippen LogP contribution in [0.1, 0.15) is 16.1 Å². The molecule has 43 heavy (non-hydrogen) atoms. The first-order chi connectivity index (χ1) is 20.7. The maximum absolute atomic E-state index is 13.7. The fourth-order valence-corrected chi connectivity index (χ4v) is 6.89. The van der Waals surface area contributed by atoms with Gasteiger partial charge >= 0.3 is 0 Å². The van der Waals surface area contributed by atoms with Crippen molar-refractivity contribution in [3.8, 4) is 32.8 Å². The predicted molar refractivity (Wildman–Crippen MR) is 168 cm³/mol. The summed E-state index contributed by atoms with van der Waals surface area (Å²) in [6, 6.07) is 25.4. The maximum atomic E-state index is 13.7. The Morgan fingerprint density at radius 1 is 0.953 bits per heavy atom. The largest absolute Gasteiger partial charge is 0.352 e. The number of hydrogen-bond donors (Lipinski definition) is 0. The highest BCUT2D eigenvalue weighted by atomic mass is 35.5. The van der Waals surface area contributed by atoms with Crippen molar-refractivity contribution in [2.75, 3.05) is 37.3 Å². The molecule has 1 aliphatic rings. The number of benzene rings is 2. The summed E-state index contributed by atoms with van der Waals surface area (Å²) in [5.74, 6) is 0.420. The molecule has 216 valence electrons. The van der Waals surface area contributed by atoms with Gasteiger partial charge in [0.05, 0.1) is 31.7 Å². The van der Waals surface area contributed by atoms with E-state index >= 15 is 0 Å². The molecule has 5 aromatic rings. The molecular weight excluding hydrogens is 604 g/mol. The highest BCUT2D eigenvalue weighted by Gasteiger charge is 2.27. The topological polar surface area (TPSA) is 112 Å². The zero-order chi connectivity index (χ0) is 30.1. The first-order valence-electron chi connectivity index (χ1n) is 13.4. The third-order valence-electron chi connectivity index (χ3n) is 7.19. The molecule has 0 radical (unpaired) electrons. The van der Waals surface area contributed by atoms with Crippen molar-refractivity contribution in [2.45, 2.75) is 4.90 Å². The third-order valence-corrected chi connectivity index (χ3v) is 9.77. The number of carbonyl (C=O) groups is 1. The van der Waals surface area contributed by atoms with Crippen LogP contribution in [0, 0.1) is 11.3 Å². The summed E-state index contributed by atoms with van der Waals surface area (Å²) in [6.45, 7) is 1.98. The molecular formula is C31H25ClN6O3S2. The van der Waals surface area contributed by atoms with Gasteiger partial charge in [-0.3, -0.25) is 4.79 Å². The Morgan fingerprint density at radius 3 is 2.47 bits per heavy atom. The van der Waals surface area contributed by atoms with Gasteiger partial charge in [0.25, 0.3) is 5.91 Å². The number of sulfone groups is 1. The smallest absolute Gasteiger partial charge is 0.274 e. The molecule has 1 saturated heterocycles. The standard InChI is InChI=1S/C31H25ClN6O3S2/c1-43(40,41)23-8-4-6-21(18-23)28-11-12-29(42-28)27-19-25(35-38(27)26-10-3-2-9-24(26)32)31(39)37-16-14-36(15-17-37)30-22(20-33)7-5-13-34-30/h2-13,18-19H,14-17H2,1H3. The summed E-state index contributed by atoms with van der Waals surface area (Å²) in [5.41, 5.74) is 2.90. The van der Waals surface area contributed by atoms with Crippen molar-refractivity contribution >= 4 is 44.5 Å². The molecule has 2 aromatic carbocycles. The van der Waals surface area contributed by atoms with Crippen molar-refractivity contribution in [3.05, 3.63) is 101 Å². The minimum Gasteiger partial charge on any atom is -0.352 e. The minimum atomic E-state index is -3.35. The Balaban J connectivity index is 1.31. The lowest BCUT2D eigenvalue weighted by atomic mass is 10.2. The number of nitriles is 1. The average Bonchev–Trinajstić information content (AvgIpc) is 3.69. The van der Waals surface area contributed by atoms with E-state index in [0.717, 1.165) is 15.3 Å². The second-order valence-electron chi connectivity index (χ2n) is 10.0. The van der Waals surface area contributed by atoms with E-state index in [1.54, 1.807) is 58.2 Å². The molecule has 6 rings (SSSR count). The number of amides is 1. The zero-order valence-electron chi connectivity index (χ0n) is 23.0. The lowest BCUT2D eigenvalue weighted by Gasteiger charge is -2.35. The molecule has 0 spiro atoms. The van der Waals surface area contributed by atoms with E-state index < -0.39 is 9.84 Å². The number of anilines is 1. The fraction of sp³-hybridized carbons (Fsp3) is 0.161. The summed E-state index contributed by atoms with van der Waals surface area (Å²) in [4.78, 5) is 23.8. The number of aromatic nitrogens is 3. The summed E-state index contributed by atoms with van der Waals surface area (Å²) < 4.78 is 25.9. The van der Waals surface area contributed by atoms with Crippen LogP contribution in [0.25, 0.3) is 26.7 Å². The fourth-order valence-electron chi connectivity index (χ4n) is 5.00. The van der Waals surface area contributed by atoms with Crippen LogP contribution in [0.15, 0.2) is 90.0 Å². The van der Waals surface area contributed by atoms with Gasteiger partial charge in [-0.2, -0.15) is 10.4 Å². The van der Waals surface area contributed by atoms with Crippen LogP contribution in [0.5, 0.6) is 0 Å². The first kappa shape index (κ1) is 28.6. The van der Waals surface area contributed by atoms with E-state index in [1.165, 1.54) is 17.6 Å². The van der Waals surface area contributed by atoms with Crippen molar-refractivity contribution in [1.29, 1.82) is 5.26 Å². The van der Waals surface area contributed by atoms with E-state index in [-0.39, 0.29) is 16.5 Å². The lowest BCUT2D eigenvalue weighted by molar-refractivity contribution is 0.0740. The van der Waals surface area contributed by atoms with Gasteiger partial charge in [-0.25, -0.2) is 18.1 Å². The normalized spacial score (nSPS) is 13.6. The molecule has 0 aliphatic carbocycles. The number of pyridine rings is 1. The van der Waals surface area contributed by atoms with Gasteiger partial charge in [-0.15, -0.1) is 11.3 Å². The lowest BCUT2D eigenvalue weighted by Crippen LogP contribution is -2.49. The number of rotatable bonds is 6. The zero-order valence-corrected chi connectivity index (χ0v) is 25.4. The molecule has 9 nitrogen and oxygen atoms in total. The number of piperazine rings is 1. The van der Waals surface area contributed by atoms with Gasteiger partial charge in [-0.1, -0.05) is 35.9 Å². The van der Waals surface area contributed by atoms with Crippen LogP contribution < -0.4 is 4.90 Å². The average molecular weight is 629 g/mol. The van der Waals surface area contributed by atoms with Crippen LogP contribution >= 0.6 is 22.9 Å². The number of thiophene rings is 1. The molecule has 1 aliphatic heterocycles. The van der Waals surface area contributed by atoms with E-state index in [9.17, 15) is 18.5 Å². The molecule has 0 unspecified atom stereocenters. The van der Waals surface area contributed by atoms with Crippen molar-refractivity contribution in [1.82, 2.24) is 19.7 Å². The highest BCUT2D eigenvalue weighted by Crippen LogP contribution is 2.37. The van der Waals surface area contributed by atoms with Gasteiger partial charge < -0.3 is 9.80 Å². The van der Waals surface area contributed by atoms with Crippen LogP contribution in [0.3, 0.4) is 0 Å². The molecule has 1 amide bonds. The van der Waals surface area contributed by atoms with E-state index in [2.05, 4.69) is 11.1 Å².